The largest absolute Gasteiger partial charge is 0.497 e. The lowest BCUT2D eigenvalue weighted by Gasteiger charge is -2.30. The number of ketones is 1. The summed E-state index contributed by atoms with van der Waals surface area (Å²) in [7, 11) is 1.67. The van der Waals surface area contributed by atoms with Gasteiger partial charge in [-0.3, -0.25) is 9.69 Å². The molecule has 3 aromatic rings. The van der Waals surface area contributed by atoms with Crippen LogP contribution in [-0.2, 0) is 13.1 Å². The van der Waals surface area contributed by atoms with E-state index < -0.39 is 0 Å². The van der Waals surface area contributed by atoms with Crippen LogP contribution in [0.5, 0.6) is 17.2 Å². The molecule has 0 unspecified atom stereocenters. The number of hydrogen-bond donors (Lipinski definition) is 0. The van der Waals surface area contributed by atoms with Crippen molar-refractivity contribution in [3.63, 3.8) is 0 Å². The number of fused-ring (bicyclic) bond motifs is 2. The van der Waals surface area contributed by atoms with Crippen molar-refractivity contribution < 1.29 is 19.0 Å². The minimum absolute atomic E-state index is 0.0823. The lowest BCUT2D eigenvalue weighted by atomic mass is 9.99. The van der Waals surface area contributed by atoms with Crippen LogP contribution >= 0.6 is 0 Å². The summed E-state index contributed by atoms with van der Waals surface area (Å²) in [6.07, 6.45) is 1.82. The van der Waals surface area contributed by atoms with Gasteiger partial charge in [0.05, 0.1) is 12.7 Å². The van der Waals surface area contributed by atoms with Gasteiger partial charge in [-0.2, -0.15) is 0 Å². The molecule has 2 aliphatic rings. The average molecular weight is 456 g/mol. The lowest BCUT2D eigenvalue weighted by molar-refractivity contribution is 0.0876. The highest BCUT2D eigenvalue weighted by molar-refractivity contribution is 6.15. The molecule has 5 heteroatoms. The van der Waals surface area contributed by atoms with Crippen molar-refractivity contribution in [3.05, 3.63) is 93.7 Å². The van der Waals surface area contributed by atoms with Gasteiger partial charge < -0.3 is 14.2 Å². The smallest absolute Gasteiger partial charge is 0.231 e. The van der Waals surface area contributed by atoms with E-state index in [9.17, 15) is 4.79 Å². The SMILES string of the molecule is COc1ccc(CN2COc3c(cc4c(c3C)O/C(=C\c3ccc(C(C)C)cc3)C4=O)C2)cc1. The molecule has 0 saturated heterocycles. The third-order valence-corrected chi connectivity index (χ3v) is 6.47. The molecule has 0 aromatic heterocycles. The maximum atomic E-state index is 13.2. The van der Waals surface area contributed by atoms with Gasteiger partial charge in [0, 0.05) is 24.2 Å². The van der Waals surface area contributed by atoms with E-state index in [0.29, 0.717) is 36.3 Å². The Morgan fingerprint density at radius 1 is 1.06 bits per heavy atom. The number of Topliss-reactive ketones (excluding diaryl/α,β-unsaturated/α-hetero) is 1. The molecule has 0 amide bonds. The molecule has 0 N–H and O–H groups in total. The van der Waals surface area contributed by atoms with Crippen molar-refractivity contribution in [2.75, 3.05) is 13.8 Å². The van der Waals surface area contributed by atoms with Gasteiger partial charge in [0.15, 0.2) is 5.76 Å². The Bertz CT molecular complexity index is 1260. The summed E-state index contributed by atoms with van der Waals surface area (Å²) in [4.78, 5) is 15.4. The fourth-order valence-electron chi connectivity index (χ4n) is 4.52. The monoisotopic (exact) mass is 455 g/mol. The molecular formula is C29H29NO4. The normalized spacial score (nSPS) is 16.3. The Hall–Kier alpha value is -3.57. The number of benzene rings is 3. The first-order valence-corrected chi connectivity index (χ1v) is 11.6. The molecule has 5 rings (SSSR count). The van der Waals surface area contributed by atoms with Gasteiger partial charge in [0.25, 0.3) is 0 Å². The second-order valence-corrected chi connectivity index (χ2v) is 9.24. The molecule has 3 aromatic carbocycles. The van der Waals surface area contributed by atoms with E-state index in [1.165, 1.54) is 11.1 Å². The minimum Gasteiger partial charge on any atom is -0.497 e. The molecule has 0 saturated carbocycles. The minimum atomic E-state index is -0.0823. The number of rotatable bonds is 5. The van der Waals surface area contributed by atoms with Crippen molar-refractivity contribution in [2.24, 2.45) is 0 Å². The van der Waals surface area contributed by atoms with E-state index >= 15 is 0 Å². The van der Waals surface area contributed by atoms with Crippen molar-refractivity contribution in [3.8, 4) is 17.2 Å². The van der Waals surface area contributed by atoms with Gasteiger partial charge in [0.2, 0.25) is 5.78 Å². The maximum absolute atomic E-state index is 13.2. The standard InChI is InChI=1S/C29H29NO4/c1-18(2)22-9-5-20(6-10-22)13-26-27(31)25-14-23-16-30(15-21-7-11-24(32-4)12-8-21)17-33-28(23)19(3)29(25)34-26/h5-14,18H,15-17H2,1-4H3/b26-13-. The molecular weight excluding hydrogens is 426 g/mol. The van der Waals surface area contributed by atoms with Crippen molar-refractivity contribution >= 4 is 11.9 Å². The van der Waals surface area contributed by atoms with E-state index in [0.717, 1.165) is 34.7 Å². The second kappa shape index (κ2) is 8.99. The van der Waals surface area contributed by atoms with Crippen LogP contribution in [0.15, 0.2) is 60.4 Å². The van der Waals surface area contributed by atoms with Crippen LogP contribution in [0.2, 0.25) is 0 Å². The first kappa shape index (κ1) is 22.2. The zero-order valence-corrected chi connectivity index (χ0v) is 20.1. The Labute approximate surface area is 200 Å². The summed E-state index contributed by atoms with van der Waals surface area (Å²) >= 11 is 0. The molecule has 0 bridgehead atoms. The quantitative estimate of drug-likeness (QED) is 0.436. The third kappa shape index (κ3) is 4.19. The van der Waals surface area contributed by atoms with Crippen LogP contribution in [0.1, 0.15) is 57.9 Å². The predicted octanol–water partition coefficient (Wildman–Crippen LogP) is 6.10. The highest BCUT2D eigenvalue weighted by Gasteiger charge is 2.33. The van der Waals surface area contributed by atoms with Crippen molar-refractivity contribution in [1.29, 1.82) is 0 Å². The van der Waals surface area contributed by atoms with E-state index in [1.807, 2.05) is 43.3 Å². The van der Waals surface area contributed by atoms with E-state index in [1.54, 1.807) is 7.11 Å². The number of carbonyl (C=O) groups excluding carboxylic acids is 1. The molecule has 5 nitrogen and oxygen atoms in total. The Morgan fingerprint density at radius 3 is 2.47 bits per heavy atom. The van der Waals surface area contributed by atoms with Gasteiger partial charge in [-0.1, -0.05) is 50.2 Å². The van der Waals surface area contributed by atoms with Crippen LogP contribution in [0.25, 0.3) is 6.08 Å². The van der Waals surface area contributed by atoms with Crippen LogP contribution in [-0.4, -0.2) is 24.5 Å². The van der Waals surface area contributed by atoms with E-state index in [-0.39, 0.29) is 5.78 Å². The summed E-state index contributed by atoms with van der Waals surface area (Å²) < 4.78 is 17.4. The third-order valence-electron chi connectivity index (χ3n) is 6.47. The summed E-state index contributed by atoms with van der Waals surface area (Å²) in [5.74, 6) is 3.01. The van der Waals surface area contributed by atoms with Crippen LogP contribution < -0.4 is 14.2 Å². The summed E-state index contributed by atoms with van der Waals surface area (Å²) in [6, 6.07) is 18.2. The number of methoxy groups -OCH3 is 1. The number of hydrogen-bond acceptors (Lipinski definition) is 5. The Morgan fingerprint density at radius 2 is 1.79 bits per heavy atom. The molecule has 0 aliphatic carbocycles. The highest BCUT2D eigenvalue weighted by atomic mass is 16.5. The summed E-state index contributed by atoms with van der Waals surface area (Å²) in [6.45, 7) is 8.24. The molecule has 0 spiro atoms. The van der Waals surface area contributed by atoms with Gasteiger partial charge in [-0.05, 0) is 53.8 Å². The van der Waals surface area contributed by atoms with E-state index in [4.69, 9.17) is 14.2 Å². The number of allylic oxidation sites excluding steroid dienone is 1. The number of ether oxygens (including phenoxy) is 3. The molecule has 0 radical (unpaired) electrons. The first-order valence-electron chi connectivity index (χ1n) is 11.6. The molecule has 2 aliphatic heterocycles. The number of carbonyl (C=O) groups is 1. The Kier molecular flexibility index (Phi) is 5.88. The number of nitrogens with zero attached hydrogens (tertiary/aromatic N) is 1. The zero-order chi connectivity index (χ0) is 23.8. The summed E-state index contributed by atoms with van der Waals surface area (Å²) in [5, 5.41) is 0. The van der Waals surface area contributed by atoms with Crippen LogP contribution in [0.3, 0.4) is 0 Å². The molecule has 0 fully saturated rings. The zero-order valence-electron chi connectivity index (χ0n) is 20.1. The first-order chi connectivity index (χ1) is 16.4. The van der Waals surface area contributed by atoms with Gasteiger partial charge in [0.1, 0.15) is 24.0 Å². The fraction of sp³-hybridized carbons (Fsp3) is 0.276. The topological polar surface area (TPSA) is 48.0 Å². The molecule has 174 valence electrons. The lowest BCUT2D eigenvalue weighted by Crippen LogP contribution is -2.32. The summed E-state index contributed by atoms with van der Waals surface area (Å²) in [5.41, 5.74) is 5.89. The van der Waals surface area contributed by atoms with Crippen molar-refractivity contribution in [1.82, 2.24) is 4.90 Å². The fourth-order valence-corrected chi connectivity index (χ4v) is 4.52. The molecule has 0 atom stereocenters. The van der Waals surface area contributed by atoms with Crippen molar-refractivity contribution in [2.45, 2.75) is 39.8 Å². The van der Waals surface area contributed by atoms with Gasteiger partial charge in [-0.15, -0.1) is 0 Å². The predicted molar refractivity (Wildman–Crippen MR) is 132 cm³/mol. The average Bonchev–Trinajstić information content (AvgIpc) is 3.15. The van der Waals surface area contributed by atoms with Gasteiger partial charge >= 0.3 is 0 Å². The van der Waals surface area contributed by atoms with Crippen LogP contribution in [0.4, 0.5) is 0 Å². The molecule has 2 heterocycles. The highest BCUT2D eigenvalue weighted by Crippen LogP contribution is 2.43. The van der Waals surface area contributed by atoms with Gasteiger partial charge in [-0.25, -0.2) is 0 Å². The second-order valence-electron chi connectivity index (χ2n) is 9.24. The maximum Gasteiger partial charge on any atom is 0.231 e. The van der Waals surface area contributed by atoms with Crippen LogP contribution in [0, 0.1) is 6.92 Å². The van der Waals surface area contributed by atoms with E-state index in [2.05, 4.69) is 43.0 Å². The molecule has 34 heavy (non-hydrogen) atoms. The Balaban J connectivity index is 1.37.